The van der Waals surface area contributed by atoms with Crippen molar-refractivity contribution in [3.63, 3.8) is 0 Å². The molecule has 118 valence electrons. The van der Waals surface area contributed by atoms with Gasteiger partial charge in [-0.25, -0.2) is 4.68 Å². The predicted molar refractivity (Wildman–Crippen MR) is 81.6 cm³/mol. The number of rotatable bonds is 5. The smallest absolute Gasteiger partial charge is 0.230 e. The van der Waals surface area contributed by atoms with Gasteiger partial charge in [0, 0.05) is 18.6 Å². The third-order valence-electron chi connectivity index (χ3n) is 3.22. The van der Waals surface area contributed by atoms with Gasteiger partial charge in [-0.05, 0) is 12.8 Å². The maximum atomic E-state index is 11.8. The number of nitrogens with zero attached hydrogens (tertiary/aromatic N) is 3. The number of nitrogens with two attached hydrogens (primary N) is 1. The molecule has 1 aromatic heterocycles. The lowest BCUT2D eigenvalue weighted by molar-refractivity contribution is -0.119. The zero-order chi connectivity index (χ0) is 15.5. The first-order chi connectivity index (χ1) is 9.88. The molecule has 1 unspecified atom stereocenters. The Labute approximate surface area is 129 Å². The topological polar surface area (TPSA) is 95.1 Å². The van der Waals surface area contributed by atoms with Gasteiger partial charge >= 0.3 is 0 Å². The van der Waals surface area contributed by atoms with Crippen LogP contribution in [0.15, 0.2) is 5.16 Å². The molecule has 1 saturated heterocycles. The minimum absolute atomic E-state index is 0.0455. The molecule has 1 aliphatic rings. The van der Waals surface area contributed by atoms with Gasteiger partial charge in [0.2, 0.25) is 11.1 Å². The fourth-order valence-corrected chi connectivity index (χ4v) is 2.79. The molecule has 1 aliphatic heterocycles. The normalized spacial score (nSPS) is 18.9. The van der Waals surface area contributed by atoms with Crippen LogP contribution in [0.4, 0.5) is 0 Å². The van der Waals surface area contributed by atoms with Gasteiger partial charge < -0.3 is 15.9 Å². The van der Waals surface area contributed by atoms with Gasteiger partial charge in [0.1, 0.15) is 0 Å². The fraction of sp³-hybridized carbons (Fsp3) is 0.769. The molecule has 1 aromatic rings. The standard InChI is InChI=1S/C13H23N5O2S/c1-13(2,3)11-16-17-12(18(11)14)21-8-10(19)15-7-9-5-4-6-20-9/h9H,4-8,14H2,1-3H3,(H,15,19). The molecule has 2 heterocycles. The predicted octanol–water partition coefficient (Wildman–Crippen LogP) is 0.677. The van der Waals surface area contributed by atoms with Gasteiger partial charge in [0.25, 0.3) is 0 Å². The van der Waals surface area contributed by atoms with E-state index in [0.717, 1.165) is 19.4 Å². The number of thioether (sulfide) groups is 1. The average Bonchev–Trinajstić information content (AvgIpc) is 3.02. The summed E-state index contributed by atoms with van der Waals surface area (Å²) in [4.78, 5) is 11.8. The van der Waals surface area contributed by atoms with Crippen molar-refractivity contribution in [2.45, 2.75) is 50.3 Å². The second kappa shape index (κ2) is 6.65. The molecule has 21 heavy (non-hydrogen) atoms. The molecule has 1 fully saturated rings. The van der Waals surface area contributed by atoms with Crippen LogP contribution < -0.4 is 11.2 Å². The number of hydrogen-bond donors (Lipinski definition) is 2. The number of amides is 1. The number of nitrogen functional groups attached to an aromatic ring is 1. The Bertz CT molecular complexity index is 491. The van der Waals surface area contributed by atoms with E-state index in [0.29, 0.717) is 17.5 Å². The third kappa shape index (κ3) is 4.34. The highest BCUT2D eigenvalue weighted by Gasteiger charge is 2.23. The second-order valence-corrected chi connectivity index (χ2v) is 7.10. The van der Waals surface area contributed by atoms with Crippen LogP contribution in [0.5, 0.6) is 0 Å². The Morgan fingerprint density at radius 1 is 1.52 bits per heavy atom. The Balaban J connectivity index is 1.80. The maximum absolute atomic E-state index is 11.8. The van der Waals surface area contributed by atoms with Crippen LogP contribution >= 0.6 is 11.8 Å². The molecule has 0 spiro atoms. The Morgan fingerprint density at radius 3 is 2.86 bits per heavy atom. The van der Waals surface area contributed by atoms with Crippen LogP contribution in [0.2, 0.25) is 0 Å². The lowest BCUT2D eigenvalue weighted by Gasteiger charge is -2.16. The van der Waals surface area contributed by atoms with Crippen LogP contribution in [0.3, 0.4) is 0 Å². The average molecular weight is 313 g/mol. The summed E-state index contributed by atoms with van der Waals surface area (Å²) in [7, 11) is 0. The molecule has 0 radical (unpaired) electrons. The largest absolute Gasteiger partial charge is 0.376 e. The molecule has 0 saturated carbocycles. The summed E-state index contributed by atoms with van der Waals surface area (Å²) >= 11 is 1.29. The van der Waals surface area contributed by atoms with Crippen molar-refractivity contribution in [1.82, 2.24) is 20.2 Å². The number of carbonyl (C=O) groups is 1. The summed E-state index contributed by atoms with van der Waals surface area (Å²) in [5.74, 6) is 6.89. The number of hydrogen-bond acceptors (Lipinski definition) is 6. The maximum Gasteiger partial charge on any atom is 0.230 e. The van der Waals surface area contributed by atoms with Crippen LogP contribution in [-0.4, -0.2) is 45.8 Å². The molecule has 0 aromatic carbocycles. The molecule has 0 bridgehead atoms. The third-order valence-corrected chi connectivity index (χ3v) is 4.16. The van der Waals surface area contributed by atoms with Gasteiger partial charge in [-0.3, -0.25) is 4.79 Å². The van der Waals surface area contributed by atoms with Crippen molar-refractivity contribution in [1.29, 1.82) is 0 Å². The van der Waals surface area contributed by atoms with Gasteiger partial charge in [0.15, 0.2) is 5.82 Å². The van der Waals surface area contributed by atoms with Crippen molar-refractivity contribution in [3.8, 4) is 0 Å². The molecule has 0 aliphatic carbocycles. The Hall–Kier alpha value is -1.28. The molecule has 2 rings (SSSR count). The van der Waals surface area contributed by atoms with Crippen LogP contribution in [0.25, 0.3) is 0 Å². The monoisotopic (exact) mass is 313 g/mol. The highest BCUT2D eigenvalue weighted by Crippen LogP contribution is 2.23. The van der Waals surface area contributed by atoms with E-state index in [1.807, 2.05) is 20.8 Å². The van der Waals surface area contributed by atoms with Crippen LogP contribution in [0, 0.1) is 0 Å². The quantitative estimate of drug-likeness (QED) is 0.613. The highest BCUT2D eigenvalue weighted by molar-refractivity contribution is 7.99. The first-order valence-electron chi connectivity index (χ1n) is 7.10. The first-order valence-corrected chi connectivity index (χ1v) is 8.08. The van der Waals surface area contributed by atoms with E-state index in [9.17, 15) is 4.79 Å². The summed E-state index contributed by atoms with van der Waals surface area (Å²) in [6.07, 6.45) is 2.24. The Morgan fingerprint density at radius 2 is 2.29 bits per heavy atom. The molecular weight excluding hydrogens is 290 g/mol. The second-order valence-electron chi connectivity index (χ2n) is 6.15. The van der Waals surface area contributed by atoms with Crippen molar-refractivity contribution < 1.29 is 9.53 Å². The van der Waals surface area contributed by atoms with E-state index >= 15 is 0 Å². The fourth-order valence-electron chi connectivity index (χ4n) is 2.10. The molecule has 1 atom stereocenters. The minimum Gasteiger partial charge on any atom is -0.376 e. The van der Waals surface area contributed by atoms with Crippen molar-refractivity contribution in [2.75, 3.05) is 24.7 Å². The number of aromatic nitrogens is 3. The van der Waals surface area contributed by atoms with Crippen molar-refractivity contribution in [3.05, 3.63) is 5.82 Å². The molecule has 3 N–H and O–H groups in total. The van der Waals surface area contributed by atoms with E-state index < -0.39 is 0 Å². The number of carbonyl (C=O) groups excluding carboxylic acids is 1. The van der Waals surface area contributed by atoms with Crippen LogP contribution in [-0.2, 0) is 14.9 Å². The zero-order valence-corrected chi connectivity index (χ0v) is 13.6. The van der Waals surface area contributed by atoms with E-state index in [4.69, 9.17) is 10.6 Å². The van der Waals surface area contributed by atoms with E-state index in [-0.39, 0.29) is 23.2 Å². The van der Waals surface area contributed by atoms with E-state index in [1.165, 1.54) is 16.4 Å². The molecule has 7 nitrogen and oxygen atoms in total. The highest BCUT2D eigenvalue weighted by atomic mass is 32.2. The number of nitrogens with one attached hydrogen (secondary N) is 1. The SMILES string of the molecule is CC(C)(C)c1nnc(SCC(=O)NCC2CCCO2)n1N. The lowest BCUT2D eigenvalue weighted by Crippen LogP contribution is -2.33. The Kier molecular flexibility index (Phi) is 5.10. The summed E-state index contributed by atoms with van der Waals surface area (Å²) < 4.78 is 6.91. The lowest BCUT2D eigenvalue weighted by atomic mass is 9.96. The molecular formula is C13H23N5O2S. The van der Waals surface area contributed by atoms with Gasteiger partial charge in [0.05, 0.1) is 11.9 Å². The van der Waals surface area contributed by atoms with Gasteiger partial charge in [-0.2, -0.15) is 0 Å². The molecule has 8 heteroatoms. The van der Waals surface area contributed by atoms with Crippen molar-refractivity contribution >= 4 is 17.7 Å². The summed E-state index contributed by atoms with van der Waals surface area (Å²) in [6, 6.07) is 0. The number of ether oxygens (including phenoxy) is 1. The summed E-state index contributed by atoms with van der Waals surface area (Å²) in [5.41, 5.74) is -0.178. The van der Waals surface area contributed by atoms with Gasteiger partial charge in [-0.15, -0.1) is 10.2 Å². The van der Waals surface area contributed by atoms with Crippen molar-refractivity contribution in [2.24, 2.45) is 0 Å². The molecule has 1 amide bonds. The van der Waals surface area contributed by atoms with E-state index in [1.54, 1.807) is 0 Å². The van der Waals surface area contributed by atoms with E-state index in [2.05, 4.69) is 15.5 Å². The van der Waals surface area contributed by atoms with Gasteiger partial charge in [-0.1, -0.05) is 32.5 Å². The summed E-state index contributed by atoms with van der Waals surface area (Å²) in [5, 5.41) is 11.5. The first kappa shape index (κ1) is 16.1. The van der Waals surface area contributed by atoms with Crippen LogP contribution in [0.1, 0.15) is 39.4 Å². The minimum atomic E-state index is -0.178. The zero-order valence-electron chi connectivity index (χ0n) is 12.8. The summed E-state index contributed by atoms with van der Waals surface area (Å²) in [6.45, 7) is 7.42.